The molecule has 0 aromatic carbocycles. The number of carbonyl (C=O) groups is 4. The number of carboxylic acids is 4. The molecule has 0 aliphatic heterocycles. The van der Waals surface area contributed by atoms with Crippen LogP contribution in [-0.4, -0.2) is 23.9 Å². The maximum Gasteiger partial charge on any atom is 0.0383 e. The van der Waals surface area contributed by atoms with Gasteiger partial charge in [-0.05, 0) is 67.3 Å². The Labute approximate surface area is 131 Å². The number of hydrogen-bond donors (Lipinski definition) is 0. The van der Waals surface area contributed by atoms with Crippen LogP contribution in [0.15, 0.2) is 0 Å². The lowest BCUT2D eigenvalue weighted by molar-refractivity contribution is -0.303. The van der Waals surface area contributed by atoms with Crippen LogP contribution in [0.25, 0.3) is 0 Å². The van der Waals surface area contributed by atoms with E-state index in [1.165, 1.54) is 0 Å². The second kappa shape index (κ2) is 42.8. The summed E-state index contributed by atoms with van der Waals surface area (Å²) in [5, 5.41) is 35.6. The molecule has 0 aliphatic carbocycles. The Morgan fingerprint density at radius 3 is 0.450 bits per heavy atom. The average molecular weight is 376 g/mol. The second-order valence-electron chi connectivity index (χ2n) is 1.97. The first-order valence-corrected chi connectivity index (χ1v) is 3.63. The fourth-order valence-corrected chi connectivity index (χ4v) is 0. The minimum absolute atomic E-state index is 0. The highest BCUT2D eigenvalue weighted by Crippen LogP contribution is 1.32. The van der Waals surface area contributed by atoms with E-state index in [1.54, 1.807) is 0 Å². The van der Waals surface area contributed by atoms with Gasteiger partial charge in [-0.25, -0.2) is 0 Å². The van der Waals surface area contributed by atoms with E-state index in [2.05, 4.69) is 0 Å². The maximum absolute atomic E-state index is 8.89. The molecule has 0 saturated heterocycles. The van der Waals surface area contributed by atoms with Crippen molar-refractivity contribution >= 4 is 63.5 Å². The van der Waals surface area contributed by atoms with E-state index in [0.717, 1.165) is 27.7 Å². The molecule has 0 bridgehead atoms. The minimum Gasteiger partial charge on any atom is -0.550 e. The highest BCUT2D eigenvalue weighted by atomic mass is 31.0. The van der Waals surface area contributed by atoms with Crippen molar-refractivity contribution in [3.63, 3.8) is 0 Å². The molecule has 0 aromatic heterocycles. The van der Waals surface area contributed by atoms with Crippen LogP contribution in [0, 0.1) is 0 Å². The standard InChI is InChI=1S/4C2H4O2.4H3P/c4*1-2(3)4;;;;/h4*1H3,(H,3,4);4*1H3. The number of aliphatic carboxylic acids is 4. The van der Waals surface area contributed by atoms with Crippen LogP contribution in [0.4, 0.5) is 0 Å². The number of rotatable bonds is 0. The van der Waals surface area contributed by atoms with Crippen molar-refractivity contribution in [1.82, 2.24) is 0 Å². The van der Waals surface area contributed by atoms with Gasteiger partial charge in [-0.3, -0.25) is 0 Å². The van der Waals surface area contributed by atoms with Gasteiger partial charge in [0.05, 0.1) is 0 Å². The summed E-state index contributed by atoms with van der Waals surface area (Å²) in [6, 6.07) is 0. The number of carboxylic acid groups (broad SMARTS) is 4. The van der Waals surface area contributed by atoms with Gasteiger partial charge in [0.15, 0.2) is 0 Å². The topological polar surface area (TPSA) is 161 Å². The van der Waals surface area contributed by atoms with Crippen molar-refractivity contribution in [3.05, 3.63) is 0 Å². The summed E-state index contributed by atoms with van der Waals surface area (Å²) in [6.45, 7) is 3.89. The molecule has 0 radical (unpaired) electrons. The SMILES string of the molecule is CC(=O)[O-].CC(=O)[O-].CC(=O)[O-].CC(=O)[O-].[PH4+].[PH4+].[PH4+].[PH4+]. The molecule has 20 heavy (non-hydrogen) atoms. The zero-order chi connectivity index (χ0) is 14.3. The van der Waals surface area contributed by atoms with E-state index < -0.39 is 23.9 Å². The van der Waals surface area contributed by atoms with Crippen molar-refractivity contribution < 1.29 is 39.6 Å². The molecule has 0 aromatic rings. The molecule has 0 spiro atoms. The molecule has 128 valence electrons. The smallest absolute Gasteiger partial charge is 0.0383 e. The van der Waals surface area contributed by atoms with Crippen LogP contribution < -0.4 is 20.4 Å². The van der Waals surface area contributed by atoms with Crippen LogP contribution in [0.1, 0.15) is 27.7 Å². The zero-order valence-corrected chi connectivity index (χ0v) is 21.3. The van der Waals surface area contributed by atoms with Crippen LogP contribution >= 0.6 is 39.6 Å². The zero-order valence-electron chi connectivity index (χ0n) is 13.3. The molecule has 0 aliphatic rings. The Balaban J connectivity index is -0.0000000150. The van der Waals surface area contributed by atoms with Gasteiger partial charge in [-0.1, -0.05) is 0 Å². The van der Waals surface area contributed by atoms with Crippen molar-refractivity contribution in [1.29, 1.82) is 0 Å². The normalized spacial score (nSPS) is 5.00. The van der Waals surface area contributed by atoms with Crippen LogP contribution in [0.3, 0.4) is 0 Å². The Hall–Kier alpha value is -0.400. The molecule has 4 atom stereocenters. The van der Waals surface area contributed by atoms with E-state index in [4.69, 9.17) is 39.6 Å². The fourth-order valence-electron chi connectivity index (χ4n) is 0. The third-order valence-corrected chi connectivity index (χ3v) is 0. The molecule has 4 unspecified atom stereocenters. The summed E-state index contributed by atoms with van der Waals surface area (Å²) in [5.41, 5.74) is 0. The van der Waals surface area contributed by atoms with Gasteiger partial charge in [-0.2, -0.15) is 0 Å². The van der Waals surface area contributed by atoms with Gasteiger partial charge in [0.2, 0.25) is 0 Å². The minimum atomic E-state index is -1.08. The number of carbonyl (C=O) groups excluding carboxylic acids is 4. The molecule has 0 heterocycles. The summed E-state index contributed by atoms with van der Waals surface area (Å²) < 4.78 is 0. The lowest BCUT2D eigenvalue weighted by Gasteiger charge is -1.77. The highest BCUT2D eigenvalue weighted by molar-refractivity contribution is 6.92. The van der Waals surface area contributed by atoms with Crippen molar-refractivity contribution in [2.45, 2.75) is 27.7 Å². The monoisotopic (exact) mass is 376 g/mol. The molecule has 0 amide bonds. The van der Waals surface area contributed by atoms with Gasteiger partial charge < -0.3 is 39.6 Å². The predicted octanol–water partition coefficient (Wildman–Crippen LogP) is -5.81. The first-order chi connectivity index (χ1) is 6.93. The third kappa shape index (κ3) is 30300. The predicted molar refractivity (Wildman–Crippen MR) is 92.7 cm³/mol. The second-order valence-corrected chi connectivity index (χ2v) is 1.97. The molecule has 0 N–H and O–H groups in total. The highest BCUT2D eigenvalue weighted by Gasteiger charge is 1.47. The van der Waals surface area contributed by atoms with E-state index in [1.807, 2.05) is 0 Å². The summed E-state index contributed by atoms with van der Waals surface area (Å²) >= 11 is 0. The Bertz CT molecular complexity index is 171. The summed E-state index contributed by atoms with van der Waals surface area (Å²) in [4.78, 5) is 35.6. The fraction of sp³-hybridized carbons (Fsp3) is 0.500. The maximum atomic E-state index is 8.89. The van der Waals surface area contributed by atoms with E-state index in [9.17, 15) is 0 Å². The summed E-state index contributed by atoms with van der Waals surface area (Å²) in [7, 11) is 0. The first-order valence-electron chi connectivity index (χ1n) is 3.63. The molecule has 8 nitrogen and oxygen atoms in total. The molecular weight excluding hydrogens is 348 g/mol. The Morgan fingerprint density at radius 2 is 0.450 bits per heavy atom. The molecule has 0 rings (SSSR count). The lowest BCUT2D eigenvalue weighted by atomic mass is 10.9. The lowest BCUT2D eigenvalue weighted by Crippen LogP contribution is -2.16. The van der Waals surface area contributed by atoms with Crippen molar-refractivity contribution in [2.75, 3.05) is 0 Å². The largest absolute Gasteiger partial charge is 0.550 e. The van der Waals surface area contributed by atoms with Crippen molar-refractivity contribution in [3.8, 4) is 0 Å². The average Bonchev–Trinajstić information content (AvgIpc) is 1.76. The van der Waals surface area contributed by atoms with Crippen molar-refractivity contribution in [2.24, 2.45) is 0 Å². The number of hydrogen-bond acceptors (Lipinski definition) is 8. The summed E-state index contributed by atoms with van der Waals surface area (Å²) in [6.07, 6.45) is 0. The van der Waals surface area contributed by atoms with Gasteiger partial charge in [-0.15, -0.1) is 0 Å². The molecular formula is C8H28O8P4. The molecule has 0 fully saturated rings. The Kier molecular flexibility index (Phi) is 108. The van der Waals surface area contributed by atoms with E-state index in [0.29, 0.717) is 0 Å². The van der Waals surface area contributed by atoms with Crippen LogP contribution in [0.2, 0.25) is 0 Å². The van der Waals surface area contributed by atoms with Crippen LogP contribution in [-0.2, 0) is 19.2 Å². The molecule has 12 heteroatoms. The van der Waals surface area contributed by atoms with Gasteiger partial charge in [0, 0.05) is 23.9 Å². The van der Waals surface area contributed by atoms with E-state index in [-0.39, 0.29) is 39.6 Å². The van der Waals surface area contributed by atoms with E-state index >= 15 is 0 Å². The quantitative estimate of drug-likeness (QED) is 0.378. The first kappa shape index (κ1) is 50.4. The van der Waals surface area contributed by atoms with Gasteiger partial charge in [0.25, 0.3) is 0 Å². The van der Waals surface area contributed by atoms with Crippen LogP contribution in [0.5, 0.6) is 0 Å². The Morgan fingerprint density at radius 1 is 0.450 bits per heavy atom. The summed E-state index contributed by atoms with van der Waals surface area (Å²) in [5.74, 6) is -4.33. The molecule has 0 saturated carbocycles. The van der Waals surface area contributed by atoms with Gasteiger partial charge >= 0.3 is 0 Å². The van der Waals surface area contributed by atoms with Gasteiger partial charge in [0.1, 0.15) is 0 Å². The third-order valence-electron chi connectivity index (χ3n) is 0.